The van der Waals surface area contributed by atoms with Crippen LogP contribution in [-0.4, -0.2) is 23.1 Å². The summed E-state index contributed by atoms with van der Waals surface area (Å²) < 4.78 is 1.02. The molecule has 0 spiro atoms. The summed E-state index contributed by atoms with van der Waals surface area (Å²) in [5.41, 5.74) is 3.19. The fourth-order valence-electron chi connectivity index (χ4n) is 3.01. The van der Waals surface area contributed by atoms with Crippen LogP contribution in [0.3, 0.4) is 0 Å². The highest BCUT2D eigenvalue weighted by Crippen LogP contribution is 2.27. The van der Waals surface area contributed by atoms with Gasteiger partial charge >= 0.3 is 0 Å². The largest absolute Gasteiger partial charge is 0.356 e. The maximum atomic E-state index is 4.73. The second-order valence-corrected chi connectivity index (χ2v) is 7.35. The lowest BCUT2D eigenvalue weighted by Crippen LogP contribution is -2.35. The summed E-state index contributed by atoms with van der Waals surface area (Å²) in [6.07, 6.45) is 2.54. The molecule has 23 heavy (non-hydrogen) atoms. The molecule has 122 valence electrons. The predicted octanol–water partition coefficient (Wildman–Crippen LogP) is 4.84. The molecule has 0 bridgehead atoms. The van der Waals surface area contributed by atoms with Crippen LogP contribution in [0.5, 0.6) is 0 Å². The summed E-state index contributed by atoms with van der Waals surface area (Å²) in [7, 11) is 0. The molecule has 0 amide bonds. The number of nitrogens with one attached hydrogen (secondary N) is 1. The zero-order valence-electron chi connectivity index (χ0n) is 13.9. The highest BCUT2D eigenvalue weighted by molar-refractivity contribution is 9.10. The molecule has 1 fully saturated rings. The summed E-state index contributed by atoms with van der Waals surface area (Å²) in [6, 6.07) is 8.29. The first-order valence-electron chi connectivity index (χ1n) is 8.15. The van der Waals surface area contributed by atoms with Crippen molar-refractivity contribution in [1.29, 1.82) is 0 Å². The molecule has 0 aliphatic carbocycles. The van der Waals surface area contributed by atoms with Gasteiger partial charge in [0.05, 0.1) is 5.69 Å². The number of halogens is 1. The van der Waals surface area contributed by atoms with Crippen LogP contribution in [0.1, 0.15) is 31.0 Å². The van der Waals surface area contributed by atoms with Crippen LogP contribution in [0.4, 0.5) is 17.5 Å². The molecule has 1 saturated heterocycles. The van der Waals surface area contributed by atoms with Gasteiger partial charge in [-0.25, -0.2) is 4.98 Å². The summed E-state index contributed by atoms with van der Waals surface area (Å²) in [6.45, 7) is 8.56. The van der Waals surface area contributed by atoms with Crippen LogP contribution >= 0.6 is 15.9 Å². The van der Waals surface area contributed by atoms with Crippen LogP contribution < -0.4 is 10.2 Å². The van der Waals surface area contributed by atoms with Crippen molar-refractivity contribution in [2.75, 3.05) is 23.3 Å². The number of hydrogen-bond acceptors (Lipinski definition) is 4. The van der Waals surface area contributed by atoms with Crippen molar-refractivity contribution in [2.45, 2.75) is 33.6 Å². The summed E-state index contributed by atoms with van der Waals surface area (Å²) in [5, 5.41) is 3.34. The van der Waals surface area contributed by atoms with Crippen LogP contribution in [0.2, 0.25) is 0 Å². The minimum atomic E-state index is 0.655. The molecule has 2 heterocycles. The van der Waals surface area contributed by atoms with Crippen molar-refractivity contribution in [1.82, 2.24) is 9.97 Å². The fourth-order valence-corrected chi connectivity index (χ4v) is 3.60. The van der Waals surface area contributed by atoms with Crippen molar-refractivity contribution >= 4 is 33.4 Å². The average molecular weight is 375 g/mol. The quantitative estimate of drug-likeness (QED) is 0.834. The second-order valence-electron chi connectivity index (χ2n) is 6.49. The lowest BCUT2D eigenvalue weighted by atomic mass is 10.0. The highest BCUT2D eigenvalue weighted by atomic mass is 79.9. The molecule has 1 aliphatic heterocycles. The van der Waals surface area contributed by atoms with Gasteiger partial charge in [0.2, 0.25) is 5.95 Å². The number of rotatable bonds is 3. The van der Waals surface area contributed by atoms with Crippen molar-refractivity contribution in [2.24, 2.45) is 5.92 Å². The molecule has 0 saturated carbocycles. The summed E-state index contributed by atoms with van der Waals surface area (Å²) >= 11 is 3.60. The molecule has 1 atom stereocenters. The van der Waals surface area contributed by atoms with E-state index in [1.165, 1.54) is 18.4 Å². The fraction of sp³-hybridized carbons (Fsp3) is 0.444. The van der Waals surface area contributed by atoms with E-state index < -0.39 is 0 Å². The number of hydrogen-bond donors (Lipinski definition) is 1. The van der Waals surface area contributed by atoms with E-state index >= 15 is 0 Å². The molecular weight excluding hydrogens is 352 g/mol. The van der Waals surface area contributed by atoms with Gasteiger partial charge in [-0.05, 0) is 66.2 Å². The van der Waals surface area contributed by atoms with Crippen LogP contribution in [0.25, 0.3) is 0 Å². The van der Waals surface area contributed by atoms with Crippen LogP contribution in [0.15, 0.2) is 28.7 Å². The third kappa shape index (κ3) is 4.02. The zero-order valence-corrected chi connectivity index (χ0v) is 15.5. The van der Waals surface area contributed by atoms with Gasteiger partial charge in [0.1, 0.15) is 5.82 Å². The van der Waals surface area contributed by atoms with Gasteiger partial charge in [0, 0.05) is 29.3 Å². The smallest absolute Gasteiger partial charge is 0.229 e. The molecule has 4 nitrogen and oxygen atoms in total. The maximum absolute atomic E-state index is 4.73. The Hall–Kier alpha value is -1.62. The van der Waals surface area contributed by atoms with Gasteiger partial charge in [0.25, 0.3) is 0 Å². The molecule has 1 aromatic heterocycles. The van der Waals surface area contributed by atoms with E-state index in [4.69, 9.17) is 4.98 Å². The van der Waals surface area contributed by atoms with Crippen molar-refractivity contribution in [3.63, 3.8) is 0 Å². The molecule has 0 radical (unpaired) electrons. The summed E-state index contributed by atoms with van der Waals surface area (Å²) in [5.74, 6) is 2.40. The number of benzene rings is 1. The SMILES string of the molecule is Cc1ccc(Nc2nc(C)cc(N3CCCC(C)C3)n2)c(Br)c1. The zero-order chi connectivity index (χ0) is 16.4. The second kappa shape index (κ2) is 6.87. The topological polar surface area (TPSA) is 41.1 Å². The molecule has 5 heteroatoms. The van der Waals surface area contributed by atoms with E-state index in [9.17, 15) is 0 Å². The van der Waals surface area contributed by atoms with Gasteiger partial charge in [-0.15, -0.1) is 0 Å². The Kier molecular flexibility index (Phi) is 4.85. The lowest BCUT2D eigenvalue weighted by Gasteiger charge is -2.32. The maximum Gasteiger partial charge on any atom is 0.229 e. The monoisotopic (exact) mass is 374 g/mol. The van der Waals surface area contributed by atoms with Crippen LogP contribution in [-0.2, 0) is 0 Å². The minimum Gasteiger partial charge on any atom is -0.356 e. The van der Waals surface area contributed by atoms with Gasteiger partial charge in [-0.1, -0.05) is 13.0 Å². The van der Waals surface area contributed by atoms with E-state index in [2.05, 4.69) is 63.2 Å². The molecule has 1 aliphatic rings. The molecule has 2 aromatic rings. The third-order valence-electron chi connectivity index (χ3n) is 4.19. The Morgan fingerprint density at radius 3 is 2.78 bits per heavy atom. The van der Waals surface area contributed by atoms with Crippen molar-refractivity contribution in [3.8, 4) is 0 Å². The van der Waals surface area contributed by atoms with Gasteiger partial charge in [-0.2, -0.15) is 4.98 Å². The van der Waals surface area contributed by atoms with E-state index in [1.807, 2.05) is 13.0 Å². The number of anilines is 3. The molecular formula is C18H23BrN4. The van der Waals surface area contributed by atoms with Crippen LogP contribution in [0, 0.1) is 19.8 Å². The van der Waals surface area contributed by atoms with Crippen molar-refractivity contribution in [3.05, 3.63) is 40.0 Å². The lowest BCUT2D eigenvalue weighted by molar-refractivity contribution is 0.444. The number of nitrogens with zero attached hydrogens (tertiary/aromatic N) is 3. The molecule has 1 aromatic carbocycles. The van der Waals surface area contributed by atoms with Crippen molar-refractivity contribution < 1.29 is 0 Å². The Bertz CT molecular complexity index is 701. The standard InChI is InChI=1S/C18H23BrN4/c1-12-6-7-16(15(19)9-12)21-18-20-14(3)10-17(22-18)23-8-4-5-13(2)11-23/h6-7,9-10,13H,4-5,8,11H2,1-3H3,(H,20,21,22). The first kappa shape index (κ1) is 16.2. The van der Waals surface area contributed by atoms with Gasteiger partial charge in [-0.3, -0.25) is 0 Å². The first-order chi connectivity index (χ1) is 11.0. The van der Waals surface area contributed by atoms with Gasteiger partial charge in [0.15, 0.2) is 0 Å². The van der Waals surface area contributed by atoms with E-state index in [-0.39, 0.29) is 0 Å². The van der Waals surface area contributed by atoms with E-state index in [1.54, 1.807) is 0 Å². The Morgan fingerprint density at radius 2 is 2.04 bits per heavy atom. The number of aromatic nitrogens is 2. The predicted molar refractivity (Wildman–Crippen MR) is 99.5 cm³/mol. The summed E-state index contributed by atoms with van der Waals surface area (Å²) in [4.78, 5) is 11.6. The Labute approximate surface area is 146 Å². The highest BCUT2D eigenvalue weighted by Gasteiger charge is 2.18. The van der Waals surface area contributed by atoms with Gasteiger partial charge < -0.3 is 10.2 Å². The minimum absolute atomic E-state index is 0.655. The molecule has 1 unspecified atom stereocenters. The molecule has 3 rings (SSSR count). The molecule has 1 N–H and O–H groups in total. The average Bonchev–Trinajstić information content (AvgIpc) is 2.50. The van der Waals surface area contributed by atoms with E-state index in [0.717, 1.165) is 40.7 Å². The Morgan fingerprint density at radius 1 is 1.22 bits per heavy atom. The Balaban J connectivity index is 1.85. The normalized spacial score (nSPS) is 18.1. The third-order valence-corrected chi connectivity index (χ3v) is 4.85. The number of aryl methyl sites for hydroxylation is 2. The number of piperidine rings is 1. The van der Waals surface area contributed by atoms with E-state index in [0.29, 0.717) is 5.95 Å². The first-order valence-corrected chi connectivity index (χ1v) is 8.94.